The van der Waals surface area contributed by atoms with E-state index >= 15 is 0 Å². The highest BCUT2D eigenvalue weighted by atomic mass is 16.6. The molecule has 0 fully saturated rings. The maximum atomic E-state index is 13.5. The van der Waals surface area contributed by atoms with E-state index in [0.717, 1.165) is 10.9 Å². The molecule has 6 heteroatoms. The van der Waals surface area contributed by atoms with Gasteiger partial charge in [0.15, 0.2) is 17.6 Å². The first kappa shape index (κ1) is 20.2. The summed E-state index contributed by atoms with van der Waals surface area (Å²) >= 11 is 0. The maximum absolute atomic E-state index is 13.5. The molecule has 0 radical (unpaired) electrons. The standard InChI is InChI=1S/C25H21NO5/c1-29-21-14-8-12-18(24(21)30-2)25(28)31-23(16-9-4-3-5-10-16)22(27)19-15-26-20-13-7-6-11-17(19)20/h3-15,23,26H,1-2H3/t23-/m0/s1. The molecule has 0 aliphatic carbocycles. The number of ether oxygens (including phenoxy) is 3. The highest BCUT2D eigenvalue weighted by Crippen LogP contribution is 2.33. The Hall–Kier alpha value is -4.06. The van der Waals surface area contributed by atoms with E-state index in [-0.39, 0.29) is 17.1 Å². The summed E-state index contributed by atoms with van der Waals surface area (Å²) in [4.78, 5) is 29.7. The van der Waals surface area contributed by atoms with Crippen LogP contribution in [0, 0.1) is 0 Å². The minimum absolute atomic E-state index is 0.175. The van der Waals surface area contributed by atoms with Crippen molar-refractivity contribution in [1.29, 1.82) is 0 Å². The fourth-order valence-electron chi connectivity index (χ4n) is 3.54. The van der Waals surface area contributed by atoms with Gasteiger partial charge in [-0.2, -0.15) is 0 Å². The van der Waals surface area contributed by atoms with Gasteiger partial charge in [0.05, 0.1) is 14.2 Å². The Labute approximate surface area is 179 Å². The minimum atomic E-state index is -1.12. The number of Topliss-reactive ketones (excluding diaryl/α,β-unsaturated/α-hetero) is 1. The first-order chi connectivity index (χ1) is 15.1. The first-order valence-corrected chi connectivity index (χ1v) is 9.71. The molecule has 4 rings (SSSR count). The lowest BCUT2D eigenvalue weighted by molar-refractivity contribution is 0.0277. The highest BCUT2D eigenvalue weighted by Gasteiger charge is 2.30. The number of benzene rings is 3. The van der Waals surface area contributed by atoms with E-state index in [0.29, 0.717) is 16.9 Å². The van der Waals surface area contributed by atoms with Gasteiger partial charge in [0, 0.05) is 28.2 Å². The maximum Gasteiger partial charge on any atom is 0.343 e. The van der Waals surface area contributed by atoms with Crippen molar-refractivity contribution in [1.82, 2.24) is 4.98 Å². The van der Waals surface area contributed by atoms with Crippen molar-refractivity contribution in [3.05, 3.63) is 95.7 Å². The van der Waals surface area contributed by atoms with Gasteiger partial charge in [-0.25, -0.2) is 4.79 Å². The lowest BCUT2D eigenvalue weighted by Crippen LogP contribution is -2.20. The van der Waals surface area contributed by atoms with Crippen LogP contribution in [0.4, 0.5) is 0 Å². The molecule has 0 unspecified atom stereocenters. The molecule has 1 heterocycles. The summed E-state index contributed by atoms with van der Waals surface area (Å²) in [7, 11) is 2.93. The number of H-pyrrole nitrogens is 1. The van der Waals surface area contributed by atoms with Crippen molar-refractivity contribution >= 4 is 22.7 Å². The molecule has 4 aromatic rings. The molecule has 0 amide bonds. The van der Waals surface area contributed by atoms with E-state index in [1.54, 1.807) is 48.7 Å². The van der Waals surface area contributed by atoms with Crippen LogP contribution in [-0.2, 0) is 4.74 Å². The molecule has 156 valence electrons. The fraction of sp³-hybridized carbons (Fsp3) is 0.120. The highest BCUT2D eigenvalue weighted by molar-refractivity contribution is 6.11. The van der Waals surface area contributed by atoms with Crippen LogP contribution < -0.4 is 9.47 Å². The topological polar surface area (TPSA) is 77.6 Å². The number of hydrogen-bond donors (Lipinski definition) is 1. The third-order valence-electron chi connectivity index (χ3n) is 5.04. The molecule has 3 aromatic carbocycles. The van der Waals surface area contributed by atoms with E-state index in [1.807, 2.05) is 30.3 Å². The summed E-state index contributed by atoms with van der Waals surface area (Å²) in [6.45, 7) is 0. The normalized spacial score (nSPS) is 11.7. The van der Waals surface area contributed by atoms with Crippen LogP contribution in [0.25, 0.3) is 10.9 Å². The van der Waals surface area contributed by atoms with Gasteiger partial charge in [-0.15, -0.1) is 0 Å². The quantitative estimate of drug-likeness (QED) is 0.341. The van der Waals surface area contributed by atoms with Crippen LogP contribution in [0.2, 0.25) is 0 Å². The molecule has 6 nitrogen and oxygen atoms in total. The average Bonchev–Trinajstić information content (AvgIpc) is 3.26. The van der Waals surface area contributed by atoms with Crippen LogP contribution in [0.15, 0.2) is 79.0 Å². The number of nitrogens with one attached hydrogen (secondary N) is 1. The lowest BCUT2D eigenvalue weighted by Gasteiger charge is -2.18. The molecule has 1 aromatic heterocycles. The third-order valence-corrected chi connectivity index (χ3v) is 5.04. The number of carbonyl (C=O) groups is 2. The van der Waals surface area contributed by atoms with Crippen LogP contribution in [0.3, 0.4) is 0 Å². The first-order valence-electron chi connectivity index (χ1n) is 9.71. The van der Waals surface area contributed by atoms with E-state index in [4.69, 9.17) is 14.2 Å². The molecule has 1 N–H and O–H groups in total. The smallest absolute Gasteiger partial charge is 0.343 e. The predicted octanol–water partition coefficient (Wildman–Crippen LogP) is 4.97. The molecule has 0 aliphatic heterocycles. The summed E-state index contributed by atoms with van der Waals surface area (Å²) in [5, 5.41) is 0.767. The molecule has 0 aliphatic rings. The van der Waals surface area contributed by atoms with Crippen molar-refractivity contribution in [2.75, 3.05) is 14.2 Å². The molecule has 0 spiro atoms. The Morgan fingerprint density at radius 3 is 2.29 bits per heavy atom. The summed E-state index contributed by atoms with van der Waals surface area (Å²) in [6, 6.07) is 21.3. The molecule has 31 heavy (non-hydrogen) atoms. The Balaban J connectivity index is 1.73. The van der Waals surface area contributed by atoms with Gasteiger partial charge < -0.3 is 19.2 Å². The summed E-state index contributed by atoms with van der Waals surface area (Å²) < 4.78 is 16.4. The number of carbonyl (C=O) groups excluding carboxylic acids is 2. The van der Waals surface area contributed by atoms with Gasteiger partial charge in [-0.3, -0.25) is 4.79 Å². The van der Waals surface area contributed by atoms with Crippen molar-refractivity contribution < 1.29 is 23.8 Å². The predicted molar refractivity (Wildman–Crippen MR) is 117 cm³/mol. The number of esters is 1. The summed E-state index contributed by atoms with van der Waals surface area (Å²) in [5.41, 5.74) is 2.04. The van der Waals surface area contributed by atoms with Gasteiger partial charge in [0.1, 0.15) is 5.56 Å². The summed E-state index contributed by atoms with van der Waals surface area (Å²) in [5.74, 6) is -0.353. The second-order valence-corrected chi connectivity index (χ2v) is 6.85. The average molecular weight is 415 g/mol. The molecule has 0 saturated heterocycles. The number of aromatic amines is 1. The SMILES string of the molecule is COc1cccc(C(=O)O[C@H](C(=O)c2c[nH]c3ccccc23)c2ccccc2)c1OC. The number of rotatable bonds is 7. The fourth-order valence-corrected chi connectivity index (χ4v) is 3.54. The summed E-state index contributed by atoms with van der Waals surface area (Å²) in [6.07, 6.45) is 0.520. The number of hydrogen-bond acceptors (Lipinski definition) is 5. The van der Waals surface area contributed by atoms with E-state index in [1.165, 1.54) is 14.2 Å². The minimum Gasteiger partial charge on any atom is -0.493 e. The van der Waals surface area contributed by atoms with E-state index < -0.39 is 12.1 Å². The van der Waals surface area contributed by atoms with Gasteiger partial charge in [0.2, 0.25) is 5.78 Å². The van der Waals surface area contributed by atoms with Gasteiger partial charge in [-0.1, -0.05) is 54.6 Å². The zero-order valence-corrected chi connectivity index (χ0v) is 17.1. The largest absolute Gasteiger partial charge is 0.493 e. The van der Waals surface area contributed by atoms with Crippen LogP contribution in [-0.4, -0.2) is 31.0 Å². The van der Waals surface area contributed by atoms with Crippen LogP contribution in [0.1, 0.15) is 32.4 Å². The zero-order valence-electron chi connectivity index (χ0n) is 17.1. The Bertz CT molecular complexity index is 1230. The monoisotopic (exact) mass is 415 g/mol. The number of para-hydroxylation sites is 2. The van der Waals surface area contributed by atoms with Crippen LogP contribution >= 0.6 is 0 Å². The number of ketones is 1. The Morgan fingerprint density at radius 1 is 0.806 bits per heavy atom. The second-order valence-electron chi connectivity index (χ2n) is 6.85. The molecule has 0 saturated carbocycles. The van der Waals surface area contributed by atoms with Gasteiger partial charge in [-0.05, 0) is 18.2 Å². The van der Waals surface area contributed by atoms with Crippen molar-refractivity contribution in [2.45, 2.75) is 6.10 Å². The van der Waals surface area contributed by atoms with Gasteiger partial charge >= 0.3 is 5.97 Å². The van der Waals surface area contributed by atoms with Gasteiger partial charge in [0.25, 0.3) is 0 Å². The number of fused-ring (bicyclic) bond motifs is 1. The molecular weight excluding hydrogens is 394 g/mol. The van der Waals surface area contributed by atoms with Crippen molar-refractivity contribution in [3.63, 3.8) is 0 Å². The van der Waals surface area contributed by atoms with E-state index in [9.17, 15) is 9.59 Å². The van der Waals surface area contributed by atoms with Crippen LogP contribution in [0.5, 0.6) is 11.5 Å². The zero-order chi connectivity index (χ0) is 21.8. The lowest BCUT2D eigenvalue weighted by atomic mass is 9.99. The second kappa shape index (κ2) is 8.75. The Kier molecular flexibility index (Phi) is 5.71. The third kappa shape index (κ3) is 3.88. The molecular formula is C25H21NO5. The van der Waals surface area contributed by atoms with Crippen molar-refractivity contribution in [3.8, 4) is 11.5 Å². The number of methoxy groups -OCH3 is 2. The molecule has 1 atom stereocenters. The Morgan fingerprint density at radius 2 is 1.55 bits per heavy atom. The van der Waals surface area contributed by atoms with Crippen molar-refractivity contribution in [2.24, 2.45) is 0 Å². The molecule has 0 bridgehead atoms. The van der Waals surface area contributed by atoms with E-state index in [2.05, 4.69) is 4.98 Å². The number of aromatic nitrogens is 1.